The highest BCUT2D eigenvalue weighted by Crippen LogP contribution is 2.21. The van der Waals surface area contributed by atoms with E-state index in [1.807, 2.05) is 18.2 Å². The first-order valence-corrected chi connectivity index (χ1v) is 4.17. The SMILES string of the molecule is [CH2]c1ccc2cc([N+](=O)[O-])ccc2c1. The van der Waals surface area contributed by atoms with Crippen LogP contribution in [-0.2, 0) is 0 Å². The topological polar surface area (TPSA) is 43.1 Å². The second-order valence-electron chi connectivity index (χ2n) is 3.12. The number of hydrogen-bond donors (Lipinski definition) is 0. The Morgan fingerprint density at radius 1 is 1.07 bits per heavy atom. The molecule has 0 saturated heterocycles. The molecule has 0 spiro atoms. The third-order valence-corrected chi connectivity index (χ3v) is 2.10. The average Bonchev–Trinajstić information content (AvgIpc) is 2.16. The summed E-state index contributed by atoms with van der Waals surface area (Å²) in [5.74, 6) is 0. The van der Waals surface area contributed by atoms with Gasteiger partial charge in [-0.15, -0.1) is 0 Å². The molecule has 0 bridgehead atoms. The van der Waals surface area contributed by atoms with Crippen molar-refractivity contribution in [1.82, 2.24) is 0 Å². The van der Waals surface area contributed by atoms with Gasteiger partial charge < -0.3 is 0 Å². The summed E-state index contributed by atoms with van der Waals surface area (Å²) < 4.78 is 0. The highest BCUT2D eigenvalue weighted by molar-refractivity contribution is 5.85. The number of rotatable bonds is 1. The molecule has 0 fully saturated rings. The second-order valence-corrected chi connectivity index (χ2v) is 3.12. The summed E-state index contributed by atoms with van der Waals surface area (Å²) in [6.45, 7) is 3.79. The van der Waals surface area contributed by atoms with E-state index >= 15 is 0 Å². The van der Waals surface area contributed by atoms with E-state index in [0.29, 0.717) is 0 Å². The molecule has 0 unspecified atom stereocenters. The number of nitro benzene ring substituents is 1. The fourth-order valence-electron chi connectivity index (χ4n) is 1.40. The highest BCUT2D eigenvalue weighted by Gasteiger charge is 2.05. The largest absolute Gasteiger partial charge is 0.270 e. The lowest BCUT2D eigenvalue weighted by Gasteiger charge is -1.98. The molecule has 2 aromatic rings. The maximum atomic E-state index is 10.5. The van der Waals surface area contributed by atoms with Gasteiger partial charge in [-0.2, -0.15) is 0 Å². The van der Waals surface area contributed by atoms with Crippen molar-refractivity contribution >= 4 is 16.5 Å². The average molecular weight is 186 g/mol. The molecule has 0 aliphatic carbocycles. The maximum absolute atomic E-state index is 10.5. The van der Waals surface area contributed by atoms with Crippen molar-refractivity contribution in [1.29, 1.82) is 0 Å². The summed E-state index contributed by atoms with van der Waals surface area (Å²) in [5, 5.41) is 12.3. The van der Waals surface area contributed by atoms with Crippen LogP contribution < -0.4 is 0 Å². The van der Waals surface area contributed by atoms with Crippen LogP contribution >= 0.6 is 0 Å². The van der Waals surface area contributed by atoms with Crippen molar-refractivity contribution in [3.8, 4) is 0 Å². The third kappa shape index (κ3) is 1.44. The van der Waals surface area contributed by atoms with Crippen molar-refractivity contribution in [2.45, 2.75) is 0 Å². The minimum atomic E-state index is -0.391. The standard InChI is InChI=1S/C11H8NO2/c1-8-2-3-10-7-11(12(13)14)5-4-9(10)6-8/h2-7H,1H2. The Balaban J connectivity index is 2.67. The first-order valence-electron chi connectivity index (χ1n) is 4.17. The summed E-state index contributed by atoms with van der Waals surface area (Å²) in [4.78, 5) is 10.1. The van der Waals surface area contributed by atoms with Crippen LogP contribution in [0.3, 0.4) is 0 Å². The molecular weight excluding hydrogens is 178 g/mol. The Bertz CT molecular complexity index is 506. The molecule has 3 heteroatoms. The second kappa shape index (κ2) is 3.10. The molecule has 0 amide bonds. The molecule has 0 atom stereocenters. The summed E-state index contributed by atoms with van der Waals surface area (Å²) >= 11 is 0. The Morgan fingerprint density at radius 2 is 1.71 bits per heavy atom. The summed E-state index contributed by atoms with van der Waals surface area (Å²) in [6, 6.07) is 10.4. The van der Waals surface area contributed by atoms with E-state index in [1.165, 1.54) is 6.07 Å². The highest BCUT2D eigenvalue weighted by atomic mass is 16.6. The van der Waals surface area contributed by atoms with Crippen molar-refractivity contribution in [2.75, 3.05) is 0 Å². The van der Waals surface area contributed by atoms with Gasteiger partial charge in [-0.05, 0) is 29.3 Å². The summed E-state index contributed by atoms with van der Waals surface area (Å²) in [7, 11) is 0. The fourth-order valence-corrected chi connectivity index (χ4v) is 1.40. The number of fused-ring (bicyclic) bond motifs is 1. The minimum Gasteiger partial charge on any atom is -0.258 e. The zero-order chi connectivity index (χ0) is 10.1. The molecule has 2 aromatic carbocycles. The van der Waals surface area contributed by atoms with E-state index in [0.717, 1.165) is 16.3 Å². The lowest BCUT2D eigenvalue weighted by Crippen LogP contribution is -1.87. The van der Waals surface area contributed by atoms with Crippen LogP contribution in [0.2, 0.25) is 0 Å². The van der Waals surface area contributed by atoms with Crippen LogP contribution in [0.5, 0.6) is 0 Å². The van der Waals surface area contributed by atoms with Crippen LogP contribution in [0.25, 0.3) is 10.8 Å². The molecule has 69 valence electrons. The van der Waals surface area contributed by atoms with Gasteiger partial charge in [-0.3, -0.25) is 10.1 Å². The van der Waals surface area contributed by atoms with Crippen molar-refractivity contribution in [3.05, 3.63) is 59.0 Å². The van der Waals surface area contributed by atoms with E-state index in [4.69, 9.17) is 0 Å². The Hall–Kier alpha value is -1.90. The number of benzene rings is 2. The van der Waals surface area contributed by atoms with Gasteiger partial charge in [0.2, 0.25) is 0 Å². The smallest absolute Gasteiger partial charge is 0.258 e. The van der Waals surface area contributed by atoms with E-state index < -0.39 is 4.92 Å². The van der Waals surface area contributed by atoms with Crippen LogP contribution in [0, 0.1) is 17.0 Å². The van der Waals surface area contributed by atoms with Crippen molar-refractivity contribution in [3.63, 3.8) is 0 Å². The first kappa shape index (κ1) is 8.69. The van der Waals surface area contributed by atoms with Gasteiger partial charge in [-0.1, -0.05) is 18.2 Å². The number of hydrogen-bond acceptors (Lipinski definition) is 2. The summed E-state index contributed by atoms with van der Waals surface area (Å²) in [5.41, 5.74) is 1.03. The van der Waals surface area contributed by atoms with Crippen LogP contribution in [0.1, 0.15) is 5.56 Å². The Morgan fingerprint density at radius 3 is 2.43 bits per heavy atom. The maximum Gasteiger partial charge on any atom is 0.270 e. The van der Waals surface area contributed by atoms with E-state index in [1.54, 1.807) is 12.1 Å². The normalized spacial score (nSPS) is 10.4. The van der Waals surface area contributed by atoms with Gasteiger partial charge in [0.15, 0.2) is 0 Å². The van der Waals surface area contributed by atoms with Crippen LogP contribution in [-0.4, -0.2) is 4.92 Å². The molecule has 0 saturated carbocycles. The molecular formula is C11H8NO2. The van der Waals surface area contributed by atoms with E-state index in [2.05, 4.69) is 6.92 Å². The van der Waals surface area contributed by atoms with Gasteiger partial charge in [0, 0.05) is 12.1 Å². The third-order valence-electron chi connectivity index (χ3n) is 2.10. The Kier molecular flexibility index (Phi) is 1.93. The van der Waals surface area contributed by atoms with Crippen LogP contribution in [0.15, 0.2) is 36.4 Å². The predicted molar refractivity (Wildman–Crippen MR) is 55.1 cm³/mol. The number of nitrogens with zero attached hydrogens (tertiary/aromatic N) is 1. The quantitative estimate of drug-likeness (QED) is 0.507. The molecule has 14 heavy (non-hydrogen) atoms. The number of non-ortho nitro benzene ring substituents is 1. The molecule has 2 rings (SSSR count). The van der Waals surface area contributed by atoms with Gasteiger partial charge in [0.05, 0.1) is 4.92 Å². The van der Waals surface area contributed by atoms with Gasteiger partial charge in [0.1, 0.15) is 0 Å². The molecule has 0 aliphatic heterocycles. The summed E-state index contributed by atoms with van der Waals surface area (Å²) in [6.07, 6.45) is 0. The van der Waals surface area contributed by atoms with E-state index in [9.17, 15) is 10.1 Å². The van der Waals surface area contributed by atoms with Crippen molar-refractivity contribution < 1.29 is 4.92 Å². The van der Waals surface area contributed by atoms with E-state index in [-0.39, 0.29) is 5.69 Å². The predicted octanol–water partition coefficient (Wildman–Crippen LogP) is 2.93. The minimum absolute atomic E-state index is 0.120. The van der Waals surface area contributed by atoms with Crippen molar-refractivity contribution in [2.24, 2.45) is 0 Å². The molecule has 1 radical (unpaired) electrons. The lowest BCUT2D eigenvalue weighted by atomic mass is 10.1. The number of nitro groups is 1. The first-order chi connectivity index (χ1) is 6.66. The van der Waals surface area contributed by atoms with Gasteiger partial charge in [-0.25, -0.2) is 0 Å². The molecule has 0 N–H and O–H groups in total. The van der Waals surface area contributed by atoms with Gasteiger partial charge >= 0.3 is 0 Å². The molecule has 0 aromatic heterocycles. The monoisotopic (exact) mass is 186 g/mol. The zero-order valence-corrected chi connectivity index (χ0v) is 7.43. The van der Waals surface area contributed by atoms with Gasteiger partial charge in [0.25, 0.3) is 5.69 Å². The fraction of sp³-hybridized carbons (Fsp3) is 0. The Labute approximate surface area is 81.1 Å². The van der Waals surface area contributed by atoms with Crippen LogP contribution in [0.4, 0.5) is 5.69 Å². The molecule has 3 nitrogen and oxygen atoms in total. The lowest BCUT2D eigenvalue weighted by molar-refractivity contribution is -0.384. The molecule has 0 heterocycles. The molecule has 0 aliphatic rings. The zero-order valence-electron chi connectivity index (χ0n) is 7.43.